The fourth-order valence-corrected chi connectivity index (χ4v) is 3.90. The largest absolute Gasteiger partial charge is 0.399 e. The van der Waals surface area contributed by atoms with Crippen LogP contribution in [0.1, 0.15) is 22.6 Å². The summed E-state index contributed by atoms with van der Waals surface area (Å²) in [5.41, 5.74) is 13.0. The van der Waals surface area contributed by atoms with Gasteiger partial charge in [0.15, 0.2) is 5.82 Å². The quantitative estimate of drug-likeness (QED) is 0.519. The zero-order chi connectivity index (χ0) is 20.5. The van der Waals surface area contributed by atoms with E-state index < -0.39 is 0 Å². The Hall–Kier alpha value is -3.51. The molecule has 4 aromatic rings. The molecule has 0 spiro atoms. The monoisotopic (exact) mass is 397 g/mol. The molecule has 2 aromatic heterocycles. The molecular formula is C24H23N5O. The highest BCUT2D eigenvalue weighted by Crippen LogP contribution is 2.28. The molecule has 0 aliphatic carbocycles. The highest BCUT2D eigenvalue weighted by Gasteiger charge is 2.23. The normalized spacial score (nSPS) is 13.9. The molecule has 0 saturated heterocycles. The van der Waals surface area contributed by atoms with Crippen LogP contribution in [0.5, 0.6) is 0 Å². The van der Waals surface area contributed by atoms with Crippen LogP contribution < -0.4 is 5.73 Å². The van der Waals surface area contributed by atoms with Crippen LogP contribution in [0.3, 0.4) is 0 Å². The first-order valence-corrected chi connectivity index (χ1v) is 10.1. The first-order chi connectivity index (χ1) is 14.7. The molecule has 0 amide bonds. The van der Waals surface area contributed by atoms with Crippen molar-refractivity contribution in [1.82, 2.24) is 20.0 Å². The molecule has 150 valence electrons. The van der Waals surface area contributed by atoms with Gasteiger partial charge < -0.3 is 10.3 Å². The Morgan fingerprint density at radius 2 is 1.83 bits per heavy atom. The van der Waals surface area contributed by atoms with Gasteiger partial charge in [0.25, 0.3) is 0 Å². The molecule has 2 aromatic carbocycles. The minimum absolute atomic E-state index is 0.742. The van der Waals surface area contributed by atoms with Crippen molar-refractivity contribution >= 4 is 5.69 Å². The van der Waals surface area contributed by atoms with Crippen molar-refractivity contribution < 1.29 is 4.52 Å². The molecule has 0 atom stereocenters. The van der Waals surface area contributed by atoms with Gasteiger partial charge in [-0.2, -0.15) is 0 Å². The van der Waals surface area contributed by atoms with Crippen LogP contribution in [0.2, 0.25) is 0 Å². The third kappa shape index (κ3) is 3.57. The van der Waals surface area contributed by atoms with Gasteiger partial charge in [-0.1, -0.05) is 35.5 Å². The number of aromatic nitrogens is 3. The molecule has 1 aliphatic heterocycles. The van der Waals surface area contributed by atoms with Crippen LogP contribution in [-0.4, -0.2) is 26.6 Å². The van der Waals surface area contributed by atoms with E-state index >= 15 is 0 Å². The van der Waals surface area contributed by atoms with Crippen molar-refractivity contribution in [2.45, 2.75) is 26.4 Å². The van der Waals surface area contributed by atoms with Gasteiger partial charge in [0, 0.05) is 60.2 Å². The summed E-state index contributed by atoms with van der Waals surface area (Å²) in [5.74, 6) is 1.62. The van der Waals surface area contributed by atoms with Crippen LogP contribution >= 0.6 is 0 Å². The van der Waals surface area contributed by atoms with E-state index in [0.717, 1.165) is 71.4 Å². The number of anilines is 1. The third-order valence-corrected chi connectivity index (χ3v) is 5.60. The highest BCUT2D eigenvalue weighted by atomic mass is 16.5. The molecule has 2 N–H and O–H groups in total. The highest BCUT2D eigenvalue weighted by molar-refractivity contribution is 5.63. The van der Waals surface area contributed by atoms with Gasteiger partial charge in [-0.3, -0.25) is 4.90 Å². The third-order valence-electron chi connectivity index (χ3n) is 5.60. The van der Waals surface area contributed by atoms with Gasteiger partial charge >= 0.3 is 0 Å². The van der Waals surface area contributed by atoms with Crippen molar-refractivity contribution in [3.63, 3.8) is 0 Å². The molecule has 0 radical (unpaired) electrons. The van der Waals surface area contributed by atoms with Gasteiger partial charge in [-0.25, -0.2) is 9.97 Å². The molecule has 0 saturated carbocycles. The van der Waals surface area contributed by atoms with E-state index in [1.165, 1.54) is 5.56 Å². The predicted octanol–water partition coefficient (Wildman–Crippen LogP) is 4.25. The predicted molar refractivity (Wildman–Crippen MR) is 116 cm³/mol. The second-order valence-corrected chi connectivity index (χ2v) is 7.68. The Morgan fingerprint density at radius 3 is 2.63 bits per heavy atom. The van der Waals surface area contributed by atoms with Crippen LogP contribution in [0.25, 0.3) is 22.6 Å². The molecule has 30 heavy (non-hydrogen) atoms. The number of aryl methyl sites for hydroxylation is 1. The number of fused-ring (bicyclic) bond motifs is 1. The maximum Gasteiger partial charge on any atom is 0.159 e. The van der Waals surface area contributed by atoms with Crippen molar-refractivity contribution in [2.24, 2.45) is 0 Å². The maximum atomic E-state index is 5.79. The first kappa shape index (κ1) is 18.5. The zero-order valence-corrected chi connectivity index (χ0v) is 16.9. The molecule has 0 bridgehead atoms. The van der Waals surface area contributed by atoms with E-state index in [0.29, 0.717) is 0 Å². The molecule has 6 nitrogen and oxygen atoms in total. The molecule has 5 rings (SSSR count). The summed E-state index contributed by atoms with van der Waals surface area (Å²) in [5, 5.41) is 4.31. The Labute approximate surface area is 175 Å². The van der Waals surface area contributed by atoms with Crippen molar-refractivity contribution in [3.05, 3.63) is 83.4 Å². The van der Waals surface area contributed by atoms with E-state index in [2.05, 4.69) is 27.2 Å². The van der Waals surface area contributed by atoms with Crippen molar-refractivity contribution in [1.29, 1.82) is 0 Å². The maximum absolute atomic E-state index is 5.79. The summed E-state index contributed by atoms with van der Waals surface area (Å²) < 4.78 is 5.52. The van der Waals surface area contributed by atoms with Crippen LogP contribution in [0.15, 0.2) is 65.3 Å². The Morgan fingerprint density at radius 1 is 1.03 bits per heavy atom. The lowest BCUT2D eigenvalue weighted by molar-refractivity contribution is 0.241. The first-order valence-electron chi connectivity index (χ1n) is 10.1. The van der Waals surface area contributed by atoms with E-state index in [4.69, 9.17) is 15.2 Å². The molecule has 0 unspecified atom stereocenters. The fourth-order valence-electron chi connectivity index (χ4n) is 3.90. The van der Waals surface area contributed by atoms with E-state index in [9.17, 15) is 0 Å². The summed E-state index contributed by atoms with van der Waals surface area (Å²) in [4.78, 5) is 11.8. The van der Waals surface area contributed by atoms with E-state index in [1.54, 1.807) is 0 Å². The molecule has 3 heterocycles. The number of nitrogens with zero attached hydrogens (tertiary/aromatic N) is 4. The number of benzene rings is 2. The van der Waals surface area contributed by atoms with E-state index in [1.807, 2.05) is 55.6 Å². The molecule has 1 aliphatic rings. The number of rotatable bonds is 4. The summed E-state index contributed by atoms with van der Waals surface area (Å²) in [6.07, 6.45) is 2.85. The van der Waals surface area contributed by atoms with Crippen molar-refractivity contribution in [3.8, 4) is 22.6 Å². The lowest BCUT2D eigenvalue weighted by atomic mass is 10.0. The second kappa shape index (κ2) is 7.72. The average molecular weight is 397 g/mol. The summed E-state index contributed by atoms with van der Waals surface area (Å²) >= 11 is 0. The van der Waals surface area contributed by atoms with Gasteiger partial charge in [-0.05, 0) is 31.2 Å². The minimum Gasteiger partial charge on any atom is -0.399 e. The van der Waals surface area contributed by atoms with Crippen molar-refractivity contribution in [2.75, 3.05) is 12.3 Å². The minimum atomic E-state index is 0.742. The number of hydrogen-bond acceptors (Lipinski definition) is 6. The van der Waals surface area contributed by atoms with Crippen LogP contribution in [0, 0.1) is 6.92 Å². The number of nitrogen functional groups attached to an aromatic ring is 1. The van der Waals surface area contributed by atoms with Gasteiger partial charge in [0.1, 0.15) is 11.5 Å². The molecular weight excluding hydrogens is 374 g/mol. The van der Waals surface area contributed by atoms with Gasteiger partial charge in [0.2, 0.25) is 0 Å². The van der Waals surface area contributed by atoms with E-state index in [-0.39, 0.29) is 0 Å². The lowest BCUT2D eigenvalue weighted by Crippen LogP contribution is -2.31. The van der Waals surface area contributed by atoms with Crippen LogP contribution in [-0.2, 0) is 19.5 Å². The summed E-state index contributed by atoms with van der Waals surface area (Å²) in [7, 11) is 0. The zero-order valence-electron chi connectivity index (χ0n) is 16.9. The van der Waals surface area contributed by atoms with Crippen LogP contribution in [0.4, 0.5) is 5.69 Å². The molecule has 6 heteroatoms. The van der Waals surface area contributed by atoms with Gasteiger partial charge in [-0.15, -0.1) is 0 Å². The average Bonchev–Trinajstić information content (AvgIpc) is 3.14. The number of hydrogen-bond donors (Lipinski definition) is 1. The Bertz CT molecular complexity index is 1170. The fraction of sp³-hybridized carbons (Fsp3) is 0.208. The number of nitrogens with two attached hydrogens (primary N) is 1. The Balaban J connectivity index is 1.36. The lowest BCUT2D eigenvalue weighted by Gasteiger charge is -2.28. The second-order valence-electron chi connectivity index (χ2n) is 7.68. The Kier molecular flexibility index (Phi) is 4.77. The molecule has 0 fully saturated rings. The standard InChI is InChI=1S/C24H23N5O/c1-16-21(23(28-30-16)17-5-3-2-4-6-17)15-29-12-11-22-19(14-29)13-26-24(27-22)18-7-9-20(25)10-8-18/h2-10,13H,11-12,14-15,25H2,1H3. The van der Waals surface area contributed by atoms with Gasteiger partial charge in [0.05, 0.1) is 5.69 Å². The SMILES string of the molecule is Cc1onc(-c2ccccc2)c1CN1CCc2nc(-c3ccc(N)cc3)ncc2C1. The topological polar surface area (TPSA) is 81.1 Å². The summed E-state index contributed by atoms with van der Waals surface area (Å²) in [6, 6.07) is 17.9. The smallest absolute Gasteiger partial charge is 0.159 e. The summed E-state index contributed by atoms with van der Waals surface area (Å²) in [6.45, 7) is 4.52.